The first-order valence-electron chi connectivity index (χ1n) is 10.8. The summed E-state index contributed by atoms with van der Waals surface area (Å²) in [6.07, 6.45) is 4.56. The molecule has 1 aliphatic carbocycles. The van der Waals surface area contributed by atoms with E-state index in [4.69, 9.17) is 16.6 Å². The number of amides is 1. The van der Waals surface area contributed by atoms with E-state index in [2.05, 4.69) is 10.5 Å². The second-order valence-electron chi connectivity index (χ2n) is 8.04. The summed E-state index contributed by atoms with van der Waals surface area (Å²) >= 11 is 8.86. The number of thioether (sulfide) groups is 1. The summed E-state index contributed by atoms with van der Waals surface area (Å²) in [5.41, 5.74) is 6.26. The molecule has 34 heavy (non-hydrogen) atoms. The van der Waals surface area contributed by atoms with E-state index in [1.54, 1.807) is 46.4 Å². The van der Waals surface area contributed by atoms with E-state index in [1.807, 2.05) is 31.2 Å². The highest BCUT2D eigenvalue weighted by molar-refractivity contribution is 7.99. The third-order valence-electron chi connectivity index (χ3n) is 5.57. The van der Waals surface area contributed by atoms with Gasteiger partial charge in [0.25, 0.3) is 11.5 Å². The molecule has 1 N–H and O–H groups in total. The van der Waals surface area contributed by atoms with Crippen LogP contribution in [0.15, 0.2) is 63.6 Å². The number of carbonyl (C=O) groups is 1. The summed E-state index contributed by atoms with van der Waals surface area (Å²) in [6, 6.07) is 14.9. The molecule has 2 aromatic carbocycles. The van der Waals surface area contributed by atoms with E-state index >= 15 is 0 Å². The van der Waals surface area contributed by atoms with Crippen LogP contribution in [0, 0.1) is 6.92 Å². The highest BCUT2D eigenvalue weighted by Crippen LogP contribution is 2.36. The zero-order valence-electron chi connectivity index (χ0n) is 18.4. The van der Waals surface area contributed by atoms with Gasteiger partial charge in [0.15, 0.2) is 5.16 Å². The average molecular weight is 509 g/mol. The molecule has 9 heteroatoms. The van der Waals surface area contributed by atoms with Gasteiger partial charge < -0.3 is 0 Å². The second kappa shape index (κ2) is 9.74. The van der Waals surface area contributed by atoms with Crippen molar-refractivity contribution in [1.29, 1.82) is 0 Å². The van der Waals surface area contributed by atoms with Gasteiger partial charge in [0.1, 0.15) is 4.83 Å². The summed E-state index contributed by atoms with van der Waals surface area (Å²) < 4.78 is 1.58. The quantitative estimate of drug-likeness (QED) is 0.169. The number of rotatable bonds is 6. The number of thiophene rings is 1. The number of carbonyl (C=O) groups excluding carboxylic acids is 1. The molecule has 2 aromatic heterocycles. The van der Waals surface area contributed by atoms with Gasteiger partial charge in [-0.25, -0.2) is 10.4 Å². The number of hydrogen-bond acceptors (Lipinski definition) is 6. The first-order chi connectivity index (χ1) is 16.5. The van der Waals surface area contributed by atoms with Crippen LogP contribution in [-0.2, 0) is 17.6 Å². The molecule has 5 rings (SSSR count). The number of benzene rings is 2. The molecule has 0 saturated carbocycles. The molecule has 0 radical (unpaired) electrons. The Morgan fingerprint density at radius 2 is 2.09 bits per heavy atom. The van der Waals surface area contributed by atoms with E-state index in [1.165, 1.54) is 16.6 Å². The minimum atomic E-state index is -0.278. The Morgan fingerprint density at radius 3 is 2.88 bits per heavy atom. The summed E-state index contributed by atoms with van der Waals surface area (Å²) in [7, 11) is 0. The van der Waals surface area contributed by atoms with Crippen LogP contribution < -0.4 is 11.0 Å². The summed E-state index contributed by atoms with van der Waals surface area (Å²) in [4.78, 5) is 32.8. The molecule has 2 heterocycles. The van der Waals surface area contributed by atoms with E-state index in [0.29, 0.717) is 21.3 Å². The van der Waals surface area contributed by atoms with Crippen molar-refractivity contribution in [3.63, 3.8) is 0 Å². The van der Waals surface area contributed by atoms with Crippen LogP contribution in [0.1, 0.15) is 28.0 Å². The molecule has 0 saturated heterocycles. The van der Waals surface area contributed by atoms with Gasteiger partial charge in [0.05, 0.1) is 23.0 Å². The van der Waals surface area contributed by atoms with Gasteiger partial charge in [-0.1, -0.05) is 53.2 Å². The zero-order valence-corrected chi connectivity index (χ0v) is 20.8. The largest absolute Gasteiger partial charge is 0.272 e. The smallest absolute Gasteiger partial charge is 0.267 e. The van der Waals surface area contributed by atoms with Crippen LogP contribution in [0.5, 0.6) is 0 Å². The normalized spacial score (nSPS) is 13.0. The first-order valence-corrected chi connectivity index (χ1v) is 13.0. The van der Waals surface area contributed by atoms with Crippen LogP contribution >= 0.6 is 34.7 Å². The third-order valence-corrected chi connectivity index (χ3v) is 7.95. The van der Waals surface area contributed by atoms with Gasteiger partial charge in [-0.15, -0.1) is 11.3 Å². The first kappa shape index (κ1) is 22.8. The summed E-state index contributed by atoms with van der Waals surface area (Å²) in [6.45, 7) is 2.00. The maximum absolute atomic E-state index is 13.6. The van der Waals surface area contributed by atoms with Gasteiger partial charge in [0, 0.05) is 9.90 Å². The molecule has 0 atom stereocenters. The van der Waals surface area contributed by atoms with Crippen LogP contribution in [0.25, 0.3) is 15.9 Å². The Balaban J connectivity index is 1.42. The van der Waals surface area contributed by atoms with Crippen LogP contribution in [0.2, 0.25) is 5.02 Å². The average Bonchev–Trinajstić information content (AvgIpc) is 3.40. The van der Waals surface area contributed by atoms with Crippen LogP contribution in [-0.4, -0.2) is 27.4 Å². The minimum absolute atomic E-state index is 0.0712. The van der Waals surface area contributed by atoms with Crippen molar-refractivity contribution in [2.75, 3.05) is 5.75 Å². The summed E-state index contributed by atoms with van der Waals surface area (Å²) in [5.74, 6) is -0.207. The van der Waals surface area contributed by atoms with Crippen LogP contribution in [0.4, 0.5) is 0 Å². The predicted molar refractivity (Wildman–Crippen MR) is 140 cm³/mol. The van der Waals surface area contributed by atoms with Crippen molar-refractivity contribution in [2.24, 2.45) is 5.10 Å². The molecule has 0 bridgehead atoms. The van der Waals surface area contributed by atoms with Crippen molar-refractivity contribution < 1.29 is 4.79 Å². The van der Waals surface area contributed by atoms with Crippen molar-refractivity contribution >= 4 is 57.0 Å². The Kier molecular flexibility index (Phi) is 6.54. The Labute approximate surface area is 209 Å². The molecular formula is C25H21ClN4O2S2. The highest BCUT2D eigenvalue weighted by Gasteiger charge is 2.24. The van der Waals surface area contributed by atoms with Gasteiger partial charge in [0.2, 0.25) is 0 Å². The zero-order chi connectivity index (χ0) is 23.7. The maximum atomic E-state index is 13.6. The van der Waals surface area contributed by atoms with E-state index in [-0.39, 0.29) is 17.2 Å². The minimum Gasteiger partial charge on any atom is -0.272 e. The number of hydrazone groups is 1. The molecule has 1 amide bonds. The Bertz CT molecular complexity index is 1480. The molecule has 0 fully saturated rings. The third kappa shape index (κ3) is 4.66. The number of nitrogens with zero attached hydrogens (tertiary/aromatic N) is 3. The summed E-state index contributed by atoms with van der Waals surface area (Å²) in [5, 5.41) is 5.80. The highest BCUT2D eigenvalue weighted by atomic mass is 35.5. The number of fused-ring (bicyclic) bond motifs is 3. The lowest BCUT2D eigenvalue weighted by Gasteiger charge is -2.12. The van der Waals surface area contributed by atoms with Crippen LogP contribution in [0.3, 0.4) is 0 Å². The number of aryl methyl sites for hydroxylation is 3. The molecular weight excluding hydrogens is 488 g/mol. The predicted octanol–water partition coefficient (Wildman–Crippen LogP) is 5.14. The van der Waals surface area contributed by atoms with Crippen molar-refractivity contribution in [3.8, 4) is 5.69 Å². The van der Waals surface area contributed by atoms with Crippen molar-refractivity contribution in [1.82, 2.24) is 15.0 Å². The molecule has 1 aliphatic rings. The molecule has 172 valence electrons. The van der Waals surface area contributed by atoms with Gasteiger partial charge in [-0.05, 0) is 61.6 Å². The lowest BCUT2D eigenvalue weighted by atomic mass is 10.2. The Morgan fingerprint density at radius 1 is 1.26 bits per heavy atom. The number of hydrogen-bond donors (Lipinski definition) is 1. The van der Waals surface area contributed by atoms with Gasteiger partial charge >= 0.3 is 0 Å². The van der Waals surface area contributed by atoms with Gasteiger partial charge in [-0.2, -0.15) is 5.10 Å². The van der Waals surface area contributed by atoms with Crippen molar-refractivity contribution in [2.45, 2.75) is 31.3 Å². The molecule has 4 aromatic rings. The Hall–Kier alpha value is -2.94. The monoisotopic (exact) mass is 508 g/mol. The fourth-order valence-corrected chi connectivity index (χ4v) is 6.26. The maximum Gasteiger partial charge on any atom is 0.267 e. The molecule has 0 unspecified atom stereocenters. The van der Waals surface area contributed by atoms with E-state index in [9.17, 15) is 9.59 Å². The number of aromatic nitrogens is 2. The van der Waals surface area contributed by atoms with E-state index in [0.717, 1.165) is 40.8 Å². The molecule has 0 spiro atoms. The number of nitrogens with one attached hydrogen (secondary N) is 1. The fourth-order valence-electron chi connectivity index (χ4n) is 4.03. The fraction of sp³-hybridized carbons (Fsp3) is 0.200. The lowest BCUT2D eigenvalue weighted by Crippen LogP contribution is -2.24. The SMILES string of the molecule is Cc1cccc(C=NNC(=O)CSc2nc3sc4c(c3c(=O)n2-c2ccc(Cl)cc2)CCC4)c1. The molecule has 0 aliphatic heterocycles. The van der Waals surface area contributed by atoms with E-state index < -0.39 is 0 Å². The second-order valence-corrected chi connectivity index (χ2v) is 10.5. The molecule has 6 nitrogen and oxygen atoms in total. The standard InChI is InChI=1S/C25H21ClN4O2S2/c1-15-4-2-5-16(12-15)13-27-29-21(31)14-33-25-28-23-22(19-6-3-7-20(19)34-23)24(32)30(25)18-10-8-17(26)9-11-18/h2,4-5,8-13H,3,6-7,14H2,1H3,(H,29,31). The van der Waals surface area contributed by atoms with Gasteiger partial charge in [-0.3, -0.25) is 14.2 Å². The van der Waals surface area contributed by atoms with Crippen molar-refractivity contribution in [3.05, 3.63) is 85.5 Å². The lowest BCUT2D eigenvalue weighted by molar-refractivity contribution is -0.118. The number of halogens is 1. The topological polar surface area (TPSA) is 76.3 Å².